The van der Waals surface area contributed by atoms with E-state index in [1.165, 1.54) is 0 Å². The Balaban J connectivity index is 1.80. The summed E-state index contributed by atoms with van der Waals surface area (Å²) in [7, 11) is 0. The van der Waals surface area contributed by atoms with Crippen LogP contribution in [0.2, 0.25) is 0 Å². The van der Waals surface area contributed by atoms with E-state index in [1.54, 1.807) is 6.07 Å². The second-order valence-electron chi connectivity index (χ2n) is 6.82. The molecule has 0 heterocycles. The summed E-state index contributed by atoms with van der Waals surface area (Å²) in [5.74, 6) is -0.297. The fourth-order valence-electron chi connectivity index (χ4n) is 3.19. The fraction of sp³-hybridized carbons (Fsp3) is 0.208. The van der Waals surface area contributed by atoms with E-state index < -0.39 is 5.97 Å². The molecule has 0 saturated carbocycles. The predicted octanol–water partition coefficient (Wildman–Crippen LogP) is 4.45. The molecule has 0 amide bonds. The van der Waals surface area contributed by atoms with Gasteiger partial charge in [0.15, 0.2) is 0 Å². The zero-order valence-corrected chi connectivity index (χ0v) is 16.5. The number of anilines is 1. The molecule has 3 rings (SSSR count). The lowest BCUT2D eigenvalue weighted by molar-refractivity contribution is -0.136. The van der Waals surface area contributed by atoms with Gasteiger partial charge in [-0.3, -0.25) is 4.79 Å². The third-order valence-electron chi connectivity index (χ3n) is 4.61. The lowest BCUT2D eigenvalue weighted by Crippen LogP contribution is -2.05. The number of nitrogens with two attached hydrogens (primary N) is 1. The lowest BCUT2D eigenvalue weighted by atomic mass is 10.0. The van der Waals surface area contributed by atoms with Crippen LogP contribution in [-0.4, -0.2) is 17.6 Å². The maximum atomic E-state index is 11.2. The molecule has 0 bridgehead atoms. The summed E-state index contributed by atoms with van der Waals surface area (Å²) in [5, 5.41) is 12.4. The fourth-order valence-corrected chi connectivity index (χ4v) is 3.19. The van der Waals surface area contributed by atoms with E-state index in [1.807, 2.05) is 43.3 Å². The third kappa shape index (κ3) is 5.59. The Morgan fingerprint density at radius 3 is 2.34 bits per heavy atom. The number of aliphatic carboxylic acids is 1. The largest absolute Gasteiger partial charge is 0.489 e. The molecule has 4 N–H and O–H groups in total. The third-order valence-corrected chi connectivity index (χ3v) is 4.61. The summed E-state index contributed by atoms with van der Waals surface area (Å²) in [5.41, 5.74) is 11.6. The van der Waals surface area contributed by atoms with Crippen molar-refractivity contribution in [2.24, 2.45) is 5.73 Å². The second kappa shape index (κ2) is 9.75. The van der Waals surface area contributed by atoms with Gasteiger partial charge in [0.05, 0.1) is 6.42 Å². The smallest absolute Gasteiger partial charge is 0.307 e. The van der Waals surface area contributed by atoms with Crippen LogP contribution in [0.5, 0.6) is 5.75 Å². The summed E-state index contributed by atoms with van der Waals surface area (Å²) >= 11 is 0. The minimum atomic E-state index is -0.882. The molecule has 0 aliphatic carbocycles. The molecular formula is C24H26N2O3. The van der Waals surface area contributed by atoms with Gasteiger partial charge in [0.1, 0.15) is 12.4 Å². The van der Waals surface area contributed by atoms with Crippen molar-refractivity contribution in [3.05, 3.63) is 83.4 Å². The maximum Gasteiger partial charge on any atom is 0.307 e. The Labute approximate surface area is 171 Å². The highest BCUT2D eigenvalue weighted by atomic mass is 16.5. The van der Waals surface area contributed by atoms with Crippen LogP contribution in [0.1, 0.15) is 23.6 Å². The second-order valence-corrected chi connectivity index (χ2v) is 6.82. The van der Waals surface area contributed by atoms with E-state index >= 15 is 0 Å². The van der Waals surface area contributed by atoms with Gasteiger partial charge in [-0.25, -0.2) is 0 Å². The van der Waals surface area contributed by atoms with E-state index in [9.17, 15) is 9.90 Å². The van der Waals surface area contributed by atoms with Crippen LogP contribution in [-0.2, 0) is 24.4 Å². The SMILES string of the molecule is CCNc1ccc(CC(=O)O)c(OCc2cccc(-c3cccc(CN)c3)c2)c1. The molecule has 0 saturated heterocycles. The zero-order chi connectivity index (χ0) is 20.6. The Kier molecular flexibility index (Phi) is 6.87. The molecule has 3 aromatic rings. The first-order valence-electron chi connectivity index (χ1n) is 9.68. The van der Waals surface area contributed by atoms with Crippen LogP contribution in [0.15, 0.2) is 66.7 Å². The number of hydrogen-bond donors (Lipinski definition) is 3. The molecule has 0 atom stereocenters. The number of carboxylic acid groups (broad SMARTS) is 1. The van der Waals surface area contributed by atoms with Crippen LogP contribution in [0.4, 0.5) is 5.69 Å². The normalized spacial score (nSPS) is 10.6. The number of hydrogen-bond acceptors (Lipinski definition) is 4. The Morgan fingerprint density at radius 1 is 1.00 bits per heavy atom. The van der Waals surface area contributed by atoms with Crippen molar-refractivity contribution in [1.82, 2.24) is 0 Å². The van der Waals surface area contributed by atoms with E-state index in [-0.39, 0.29) is 6.42 Å². The standard InChI is InChI=1S/C24H26N2O3/c1-2-26-22-10-9-21(13-24(27)28)23(14-22)29-16-18-6-4-8-20(12-18)19-7-3-5-17(11-19)15-25/h3-12,14,26H,2,13,15-16,25H2,1H3,(H,27,28). The van der Waals surface area contributed by atoms with Gasteiger partial charge < -0.3 is 20.9 Å². The van der Waals surface area contributed by atoms with Crippen molar-refractivity contribution in [1.29, 1.82) is 0 Å². The first-order chi connectivity index (χ1) is 14.1. The van der Waals surface area contributed by atoms with Crippen LogP contribution in [0.3, 0.4) is 0 Å². The minimum Gasteiger partial charge on any atom is -0.489 e. The molecule has 5 nitrogen and oxygen atoms in total. The molecule has 5 heteroatoms. The van der Waals surface area contributed by atoms with Gasteiger partial charge in [-0.15, -0.1) is 0 Å². The van der Waals surface area contributed by atoms with Gasteiger partial charge in [-0.2, -0.15) is 0 Å². The highest BCUT2D eigenvalue weighted by Crippen LogP contribution is 2.26. The molecule has 150 valence electrons. The van der Waals surface area contributed by atoms with Crippen LogP contribution >= 0.6 is 0 Å². The molecule has 0 aliphatic rings. The maximum absolute atomic E-state index is 11.2. The zero-order valence-electron chi connectivity index (χ0n) is 16.5. The first-order valence-corrected chi connectivity index (χ1v) is 9.68. The number of nitrogens with one attached hydrogen (secondary N) is 1. The summed E-state index contributed by atoms with van der Waals surface area (Å²) in [6, 6.07) is 21.8. The van der Waals surface area contributed by atoms with Crippen LogP contribution in [0.25, 0.3) is 11.1 Å². The van der Waals surface area contributed by atoms with Crippen molar-refractivity contribution < 1.29 is 14.6 Å². The van der Waals surface area contributed by atoms with Gasteiger partial charge in [-0.1, -0.05) is 42.5 Å². The number of rotatable bonds is 9. The molecule has 0 fully saturated rings. The Hall–Kier alpha value is -3.31. The summed E-state index contributed by atoms with van der Waals surface area (Å²) < 4.78 is 6.02. The molecular weight excluding hydrogens is 364 g/mol. The minimum absolute atomic E-state index is 0.0757. The molecule has 29 heavy (non-hydrogen) atoms. The van der Waals surface area contributed by atoms with Gasteiger partial charge in [0, 0.05) is 30.4 Å². The van der Waals surface area contributed by atoms with Crippen molar-refractivity contribution in [2.75, 3.05) is 11.9 Å². The highest BCUT2D eigenvalue weighted by Gasteiger charge is 2.10. The lowest BCUT2D eigenvalue weighted by Gasteiger charge is -2.14. The average molecular weight is 390 g/mol. The van der Waals surface area contributed by atoms with E-state index in [0.29, 0.717) is 24.5 Å². The van der Waals surface area contributed by atoms with E-state index in [4.69, 9.17) is 10.5 Å². The van der Waals surface area contributed by atoms with Gasteiger partial charge in [-0.05, 0) is 47.4 Å². The Morgan fingerprint density at radius 2 is 1.69 bits per heavy atom. The van der Waals surface area contributed by atoms with Crippen molar-refractivity contribution >= 4 is 11.7 Å². The molecule has 0 unspecified atom stereocenters. The van der Waals surface area contributed by atoms with E-state index in [0.717, 1.165) is 34.5 Å². The summed E-state index contributed by atoms with van der Waals surface area (Å²) in [6.07, 6.45) is -0.0757. The number of ether oxygens (including phenoxy) is 1. The number of benzene rings is 3. The summed E-state index contributed by atoms with van der Waals surface area (Å²) in [6.45, 7) is 3.65. The van der Waals surface area contributed by atoms with Crippen molar-refractivity contribution in [2.45, 2.75) is 26.5 Å². The first kappa shape index (κ1) is 20.4. The van der Waals surface area contributed by atoms with Crippen molar-refractivity contribution in [3.8, 4) is 16.9 Å². The average Bonchev–Trinajstić information content (AvgIpc) is 2.74. The van der Waals surface area contributed by atoms with Gasteiger partial charge in [0.2, 0.25) is 0 Å². The summed E-state index contributed by atoms with van der Waals surface area (Å²) in [4.78, 5) is 11.2. The highest BCUT2D eigenvalue weighted by molar-refractivity contribution is 5.72. The van der Waals surface area contributed by atoms with Crippen molar-refractivity contribution in [3.63, 3.8) is 0 Å². The molecule has 0 aliphatic heterocycles. The number of carbonyl (C=O) groups is 1. The van der Waals surface area contributed by atoms with Crippen LogP contribution in [0, 0.1) is 0 Å². The molecule has 0 aromatic heterocycles. The topological polar surface area (TPSA) is 84.6 Å². The molecule has 0 radical (unpaired) electrons. The monoisotopic (exact) mass is 390 g/mol. The van der Waals surface area contributed by atoms with Gasteiger partial charge in [0.25, 0.3) is 0 Å². The molecule has 3 aromatic carbocycles. The van der Waals surface area contributed by atoms with Crippen LogP contribution < -0.4 is 15.8 Å². The predicted molar refractivity (Wildman–Crippen MR) is 116 cm³/mol. The van der Waals surface area contributed by atoms with Gasteiger partial charge >= 0.3 is 5.97 Å². The Bertz CT molecular complexity index is 985. The molecule has 0 spiro atoms. The number of carboxylic acids is 1. The quantitative estimate of drug-likeness (QED) is 0.503. The van der Waals surface area contributed by atoms with E-state index in [2.05, 4.69) is 29.6 Å².